The molecule has 2 aromatic rings. The molecule has 0 bridgehead atoms. The summed E-state index contributed by atoms with van der Waals surface area (Å²) in [5, 5.41) is 0.341. The van der Waals surface area contributed by atoms with E-state index >= 15 is 0 Å². The molecule has 0 unspecified atom stereocenters. The molecule has 196 valence electrons. The van der Waals surface area contributed by atoms with E-state index in [2.05, 4.69) is 24.0 Å². The van der Waals surface area contributed by atoms with E-state index in [9.17, 15) is 9.59 Å². The maximum atomic E-state index is 13.5. The number of aromatic nitrogens is 1. The molecule has 4 rings (SSSR count). The number of carbonyl (C=O) groups is 1. The van der Waals surface area contributed by atoms with Crippen molar-refractivity contribution in [3.63, 3.8) is 0 Å². The van der Waals surface area contributed by atoms with Crippen molar-refractivity contribution in [3.05, 3.63) is 49.9 Å². The summed E-state index contributed by atoms with van der Waals surface area (Å²) in [5.74, 6) is 1.60. The van der Waals surface area contributed by atoms with E-state index in [-0.39, 0.29) is 24.1 Å². The standard InChI is InChI=1S/C27H36ClN3O5/c1-15-11-22(34-6)20(26(32)29-15)13-31(5)27(33)19-12-21(28)25-24(16(19)2)36-23(14-35-25)17-7-9-18(10-8-17)30(3)4/h11-12,17-18,23H,7-10,13-14H2,1-6H3,(H,29,32)/t17-,18+,23-/m1/s1. The van der Waals surface area contributed by atoms with E-state index in [4.69, 9.17) is 25.8 Å². The molecule has 9 heteroatoms. The molecular formula is C27H36ClN3O5. The number of nitrogens with one attached hydrogen (secondary N) is 1. The van der Waals surface area contributed by atoms with Crippen LogP contribution in [-0.4, -0.2) is 67.7 Å². The fraction of sp³-hybridized carbons (Fsp3) is 0.556. The number of nitrogens with zero attached hydrogens (tertiary/aromatic N) is 2. The molecule has 1 amide bonds. The van der Waals surface area contributed by atoms with Gasteiger partial charge in [0.2, 0.25) is 0 Å². The fourth-order valence-electron chi connectivity index (χ4n) is 5.31. The molecule has 1 aromatic heterocycles. The molecular weight excluding hydrogens is 482 g/mol. The molecule has 0 radical (unpaired) electrons. The largest absolute Gasteiger partial charge is 0.496 e. The number of hydrogen-bond acceptors (Lipinski definition) is 6. The predicted molar refractivity (Wildman–Crippen MR) is 140 cm³/mol. The second-order valence-corrected chi connectivity index (χ2v) is 10.6. The van der Waals surface area contributed by atoms with Crippen molar-refractivity contribution in [2.45, 2.75) is 58.2 Å². The average Bonchev–Trinajstić information content (AvgIpc) is 2.86. The highest BCUT2D eigenvalue weighted by atomic mass is 35.5. The van der Waals surface area contributed by atoms with Crippen molar-refractivity contribution in [2.75, 3.05) is 34.9 Å². The summed E-state index contributed by atoms with van der Waals surface area (Å²) >= 11 is 6.55. The average molecular weight is 518 g/mol. The highest BCUT2D eigenvalue weighted by Crippen LogP contribution is 2.45. The summed E-state index contributed by atoms with van der Waals surface area (Å²) in [4.78, 5) is 32.6. The molecule has 1 saturated carbocycles. The molecule has 8 nitrogen and oxygen atoms in total. The highest BCUT2D eigenvalue weighted by molar-refractivity contribution is 6.32. The van der Waals surface area contributed by atoms with Gasteiger partial charge >= 0.3 is 0 Å². The first-order valence-corrected chi connectivity index (χ1v) is 12.8. The molecule has 2 heterocycles. The lowest BCUT2D eigenvalue weighted by Gasteiger charge is -2.38. The minimum Gasteiger partial charge on any atom is -0.496 e. The zero-order valence-corrected chi connectivity index (χ0v) is 22.7. The SMILES string of the molecule is COc1cc(C)[nH]c(=O)c1CN(C)C(=O)c1cc(Cl)c2c(c1C)O[C@@H]([C@H]1CC[C@@H](N(C)C)CC1)CO2. The highest BCUT2D eigenvalue weighted by Gasteiger charge is 2.35. The Labute approximate surface area is 217 Å². The fourth-order valence-corrected chi connectivity index (χ4v) is 5.56. The Balaban J connectivity index is 1.55. The maximum absolute atomic E-state index is 13.5. The molecule has 1 aromatic carbocycles. The normalized spacial score (nSPS) is 21.4. The molecule has 0 saturated heterocycles. The summed E-state index contributed by atoms with van der Waals surface area (Å²) in [7, 11) is 7.42. The summed E-state index contributed by atoms with van der Waals surface area (Å²) in [6.07, 6.45) is 4.35. The van der Waals surface area contributed by atoms with E-state index in [1.54, 1.807) is 26.1 Å². The Morgan fingerprint density at radius 1 is 1.14 bits per heavy atom. The smallest absolute Gasteiger partial charge is 0.256 e. The van der Waals surface area contributed by atoms with Gasteiger partial charge in [0.15, 0.2) is 11.5 Å². The van der Waals surface area contributed by atoms with Crippen molar-refractivity contribution in [3.8, 4) is 17.2 Å². The van der Waals surface area contributed by atoms with Gasteiger partial charge in [-0.25, -0.2) is 0 Å². The number of aromatic amines is 1. The number of rotatable bonds is 6. The summed E-state index contributed by atoms with van der Waals surface area (Å²) in [6, 6.07) is 3.97. The quantitative estimate of drug-likeness (QED) is 0.618. The lowest BCUT2D eigenvalue weighted by Crippen LogP contribution is -2.41. The van der Waals surface area contributed by atoms with Gasteiger partial charge in [-0.2, -0.15) is 0 Å². The number of benzene rings is 1. The van der Waals surface area contributed by atoms with Gasteiger partial charge in [-0.05, 0) is 71.7 Å². The number of methoxy groups -OCH3 is 1. The molecule has 1 aliphatic heterocycles. The second-order valence-electron chi connectivity index (χ2n) is 10.2. The number of pyridine rings is 1. The molecule has 1 aliphatic carbocycles. The Bertz CT molecular complexity index is 1190. The summed E-state index contributed by atoms with van der Waals surface area (Å²) < 4.78 is 17.9. The van der Waals surface area contributed by atoms with Crippen LogP contribution in [0.15, 0.2) is 16.9 Å². The van der Waals surface area contributed by atoms with Crippen molar-refractivity contribution >= 4 is 17.5 Å². The van der Waals surface area contributed by atoms with Crippen molar-refractivity contribution in [1.29, 1.82) is 0 Å². The minimum absolute atomic E-state index is 0.0751. The number of fused-ring (bicyclic) bond motifs is 1. The molecule has 0 spiro atoms. The van der Waals surface area contributed by atoms with E-state index in [1.807, 2.05) is 6.92 Å². The van der Waals surface area contributed by atoms with Gasteiger partial charge in [-0.3, -0.25) is 9.59 Å². The van der Waals surface area contributed by atoms with Crippen LogP contribution in [0.1, 0.15) is 52.9 Å². The third-order valence-electron chi connectivity index (χ3n) is 7.52. The van der Waals surface area contributed by atoms with Crippen LogP contribution in [0.2, 0.25) is 5.02 Å². The summed E-state index contributed by atoms with van der Waals surface area (Å²) in [5.41, 5.74) is 1.89. The first kappa shape index (κ1) is 26.4. The van der Waals surface area contributed by atoms with Crippen LogP contribution in [0.4, 0.5) is 0 Å². The van der Waals surface area contributed by atoms with Crippen molar-refractivity contribution < 1.29 is 19.0 Å². The van der Waals surface area contributed by atoms with Gasteiger partial charge in [0.1, 0.15) is 18.5 Å². The van der Waals surface area contributed by atoms with E-state index in [0.29, 0.717) is 63.2 Å². The maximum Gasteiger partial charge on any atom is 0.256 e. The van der Waals surface area contributed by atoms with Crippen LogP contribution in [0.3, 0.4) is 0 Å². The Morgan fingerprint density at radius 2 is 1.83 bits per heavy atom. The van der Waals surface area contributed by atoms with Gasteiger partial charge in [0.25, 0.3) is 11.5 Å². The number of hydrogen-bond donors (Lipinski definition) is 1. The number of halogens is 1. The van der Waals surface area contributed by atoms with Gasteiger partial charge in [-0.15, -0.1) is 0 Å². The van der Waals surface area contributed by atoms with Gasteiger partial charge in [0.05, 0.1) is 24.2 Å². The molecule has 1 fully saturated rings. The Hall–Kier alpha value is -2.71. The van der Waals surface area contributed by atoms with Gasteiger partial charge in [-0.1, -0.05) is 11.6 Å². The number of amides is 1. The number of aryl methyl sites for hydroxylation is 1. The molecule has 1 atom stereocenters. The Kier molecular flexibility index (Phi) is 7.85. The Morgan fingerprint density at radius 3 is 2.47 bits per heavy atom. The van der Waals surface area contributed by atoms with E-state index in [0.717, 1.165) is 25.7 Å². The van der Waals surface area contributed by atoms with E-state index < -0.39 is 0 Å². The second kappa shape index (κ2) is 10.7. The predicted octanol–water partition coefficient (Wildman–Crippen LogP) is 4.19. The lowest BCUT2D eigenvalue weighted by molar-refractivity contribution is 0.0239. The van der Waals surface area contributed by atoms with Crippen LogP contribution in [0, 0.1) is 19.8 Å². The monoisotopic (exact) mass is 517 g/mol. The number of carbonyl (C=O) groups excluding carboxylic acids is 1. The van der Waals surface area contributed by atoms with Gasteiger partial charge in [0, 0.05) is 29.9 Å². The van der Waals surface area contributed by atoms with Crippen LogP contribution < -0.4 is 19.8 Å². The molecule has 2 aliphatic rings. The summed E-state index contributed by atoms with van der Waals surface area (Å²) in [6.45, 7) is 4.17. The zero-order valence-electron chi connectivity index (χ0n) is 21.9. The van der Waals surface area contributed by atoms with E-state index in [1.165, 1.54) is 12.0 Å². The number of H-pyrrole nitrogens is 1. The van der Waals surface area contributed by atoms with Crippen LogP contribution >= 0.6 is 11.6 Å². The zero-order chi connectivity index (χ0) is 26.1. The first-order valence-electron chi connectivity index (χ1n) is 12.4. The lowest BCUT2D eigenvalue weighted by atomic mass is 9.82. The molecule has 1 N–H and O–H groups in total. The van der Waals surface area contributed by atoms with Crippen LogP contribution in [-0.2, 0) is 6.54 Å². The van der Waals surface area contributed by atoms with Crippen molar-refractivity contribution in [2.24, 2.45) is 5.92 Å². The van der Waals surface area contributed by atoms with Crippen LogP contribution in [0.5, 0.6) is 17.2 Å². The topological polar surface area (TPSA) is 84.1 Å². The third kappa shape index (κ3) is 5.20. The minimum atomic E-state index is -0.282. The van der Waals surface area contributed by atoms with Gasteiger partial charge < -0.3 is 29.0 Å². The van der Waals surface area contributed by atoms with Crippen LogP contribution in [0.25, 0.3) is 0 Å². The number of ether oxygens (including phenoxy) is 3. The van der Waals surface area contributed by atoms with Crippen molar-refractivity contribution in [1.82, 2.24) is 14.8 Å². The molecule has 36 heavy (non-hydrogen) atoms. The first-order chi connectivity index (χ1) is 17.1. The third-order valence-corrected chi connectivity index (χ3v) is 7.80.